The maximum absolute atomic E-state index is 12.8. The molecule has 1 aliphatic rings. The van der Waals surface area contributed by atoms with Crippen LogP contribution in [0.15, 0.2) is 24.3 Å². The van der Waals surface area contributed by atoms with Crippen LogP contribution in [0.2, 0.25) is 0 Å². The normalized spacial score (nSPS) is 19.9. The molecule has 2 rings (SSSR count). The third-order valence-electron chi connectivity index (χ3n) is 2.68. The van der Waals surface area contributed by atoms with Crippen molar-refractivity contribution in [2.75, 3.05) is 18.1 Å². The third-order valence-corrected chi connectivity index (χ3v) is 2.68. The summed E-state index contributed by atoms with van der Waals surface area (Å²) in [5.41, 5.74) is -0.201. The van der Waals surface area contributed by atoms with Crippen LogP contribution in [-0.4, -0.2) is 31.5 Å². The molecule has 1 atom stereocenters. The summed E-state index contributed by atoms with van der Waals surface area (Å²) < 4.78 is 80.5. The van der Waals surface area contributed by atoms with Crippen molar-refractivity contribution >= 4 is 5.69 Å². The molecule has 1 aromatic carbocycles. The molecule has 0 amide bonds. The quantitative estimate of drug-likeness (QED) is 0.733. The minimum absolute atomic E-state index is 0.0206. The molecule has 0 radical (unpaired) electrons. The Bertz CT molecular complexity index is 455. The molecule has 0 saturated carbocycles. The average molecular weight is 285 g/mol. The van der Waals surface area contributed by atoms with Gasteiger partial charge in [-0.3, -0.25) is 0 Å². The van der Waals surface area contributed by atoms with E-state index in [2.05, 4.69) is 0 Å². The van der Waals surface area contributed by atoms with Gasteiger partial charge in [-0.2, -0.15) is 26.3 Å². The standard InChI is InChI=1S/C11H9F6NO/c12-10(13,14)6-18-7-3-1-2-4-8(7)19-5-9(18)11(15,16)17/h1-4,9H,5-6H2. The molecule has 0 saturated heterocycles. The van der Waals surface area contributed by atoms with Crippen LogP contribution in [0.3, 0.4) is 0 Å². The van der Waals surface area contributed by atoms with Crippen LogP contribution in [-0.2, 0) is 0 Å². The number of benzene rings is 1. The topological polar surface area (TPSA) is 12.5 Å². The maximum atomic E-state index is 12.8. The fourth-order valence-corrected chi connectivity index (χ4v) is 1.90. The molecule has 1 heterocycles. The Kier molecular flexibility index (Phi) is 3.27. The van der Waals surface area contributed by atoms with Gasteiger partial charge >= 0.3 is 12.4 Å². The van der Waals surface area contributed by atoms with Gasteiger partial charge in [0.15, 0.2) is 6.04 Å². The predicted molar refractivity (Wildman–Crippen MR) is 55.2 cm³/mol. The molecule has 1 aromatic rings. The van der Waals surface area contributed by atoms with Crippen LogP contribution in [0.4, 0.5) is 32.0 Å². The maximum Gasteiger partial charge on any atom is 0.412 e. The molecular formula is C11H9F6NO. The van der Waals surface area contributed by atoms with Crippen LogP contribution in [0.25, 0.3) is 0 Å². The van der Waals surface area contributed by atoms with Gasteiger partial charge in [-0.05, 0) is 12.1 Å². The lowest BCUT2D eigenvalue weighted by molar-refractivity contribution is -0.166. The zero-order chi connectivity index (χ0) is 14.3. The summed E-state index contributed by atoms with van der Waals surface area (Å²) in [6.45, 7) is -2.52. The zero-order valence-corrected chi connectivity index (χ0v) is 9.42. The van der Waals surface area contributed by atoms with Gasteiger partial charge in [0.05, 0.1) is 5.69 Å². The van der Waals surface area contributed by atoms with Crippen molar-refractivity contribution in [1.29, 1.82) is 0 Å². The molecule has 0 bridgehead atoms. The van der Waals surface area contributed by atoms with E-state index in [-0.39, 0.29) is 11.4 Å². The van der Waals surface area contributed by atoms with Gasteiger partial charge in [0, 0.05) is 0 Å². The number of anilines is 1. The highest BCUT2D eigenvalue weighted by Gasteiger charge is 2.49. The number of rotatable bonds is 1. The lowest BCUT2D eigenvalue weighted by atomic mass is 10.1. The Labute approximate surface area is 104 Å². The molecule has 19 heavy (non-hydrogen) atoms. The molecular weight excluding hydrogens is 276 g/mol. The van der Waals surface area contributed by atoms with Gasteiger partial charge in [-0.15, -0.1) is 0 Å². The Hall–Kier alpha value is -1.60. The molecule has 106 valence electrons. The lowest BCUT2D eigenvalue weighted by Gasteiger charge is -2.39. The first-order valence-electron chi connectivity index (χ1n) is 5.30. The Balaban J connectivity index is 2.39. The van der Waals surface area contributed by atoms with Crippen LogP contribution in [0.5, 0.6) is 5.75 Å². The molecule has 2 nitrogen and oxygen atoms in total. The molecule has 1 unspecified atom stereocenters. The first-order valence-corrected chi connectivity index (χ1v) is 5.30. The summed E-state index contributed by atoms with van der Waals surface area (Å²) in [4.78, 5) is 0.291. The second-order valence-electron chi connectivity index (χ2n) is 4.08. The first-order chi connectivity index (χ1) is 8.68. The molecule has 8 heteroatoms. The number of ether oxygens (including phenoxy) is 1. The molecule has 0 spiro atoms. The fraction of sp³-hybridized carbons (Fsp3) is 0.455. The Morgan fingerprint density at radius 1 is 1.11 bits per heavy atom. The van der Waals surface area contributed by atoms with Gasteiger partial charge in [-0.1, -0.05) is 12.1 Å². The van der Waals surface area contributed by atoms with Crippen molar-refractivity contribution in [3.05, 3.63) is 24.3 Å². The number of halogens is 6. The van der Waals surface area contributed by atoms with E-state index < -0.39 is 31.5 Å². The average Bonchev–Trinajstić information content (AvgIpc) is 2.25. The highest BCUT2D eigenvalue weighted by atomic mass is 19.4. The number of fused-ring (bicyclic) bond motifs is 1. The molecule has 1 aliphatic heterocycles. The number of nitrogens with zero attached hydrogens (tertiary/aromatic N) is 1. The summed E-state index contributed by atoms with van der Waals surface area (Å²) in [6.07, 6.45) is -9.52. The summed E-state index contributed by atoms with van der Waals surface area (Å²) in [5, 5.41) is 0. The van der Waals surface area contributed by atoms with Gasteiger partial charge in [0.25, 0.3) is 0 Å². The number of para-hydroxylation sites is 2. The van der Waals surface area contributed by atoms with Crippen molar-refractivity contribution in [3.8, 4) is 5.75 Å². The van der Waals surface area contributed by atoms with E-state index in [1.165, 1.54) is 24.3 Å². The highest BCUT2D eigenvalue weighted by Crippen LogP contribution is 2.40. The van der Waals surface area contributed by atoms with Crippen molar-refractivity contribution in [2.24, 2.45) is 0 Å². The number of hydrogen-bond acceptors (Lipinski definition) is 2. The van der Waals surface area contributed by atoms with Crippen LogP contribution < -0.4 is 9.64 Å². The van der Waals surface area contributed by atoms with Gasteiger partial charge in [0.1, 0.15) is 18.9 Å². The van der Waals surface area contributed by atoms with E-state index >= 15 is 0 Å². The van der Waals surface area contributed by atoms with Crippen LogP contribution in [0, 0.1) is 0 Å². The van der Waals surface area contributed by atoms with E-state index in [1.54, 1.807) is 0 Å². The van der Waals surface area contributed by atoms with E-state index in [9.17, 15) is 26.3 Å². The summed E-state index contributed by atoms with van der Waals surface area (Å²) >= 11 is 0. The monoisotopic (exact) mass is 285 g/mol. The number of hydrogen-bond donors (Lipinski definition) is 0. The zero-order valence-electron chi connectivity index (χ0n) is 9.42. The summed E-state index contributed by atoms with van der Waals surface area (Å²) in [5.74, 6) is 0.0206. The van der Waals surface area contributed by atoms with Gasteiger partial charge in [-0.25, -0.2) is 0 Å². The smallest absolute Gasteiger partial charge is 0.412 e. The van der Waals surface area contributed by atoms with Crippen molar-refractivity contribution in [1.82, 2.24) is 0 Å². The largest absolute Gasteiger partial charge is 0.489 e. The second-order valence-corrected chi connectivity index (χ2v) is 4.08. The third kappa shape index (κ3) is 3.05. The van der Waals surface area contributed by atoms with E-state index in [4.69, 9.17) is 4.74 Å². The fourth-order valence-electron chi connectivity index (χ4n) is 1.90. The van der Waals surface area contributed by atoms with Crippen molar-refractivity contribution < 1.29 is 31.1 Å². The lowest BCUT2D eigenvalue weighted by Crippen LogP contribution is -2.54. The molecule has 0 aliphatic carbocycles. The summed E-state index contributed by atoms with van der Waals surface area (Å²) in [6, 6.07) is 3.07. The van der Waals surface area contributed by atoms with Crippen LogP contribution in [0.1, 0.15) is 0 Å². The second kappa shape index (κ2) is 4.50. The first kappa shape index (κ1) is 13.8. The van der Waals surface area contributed by atoms with Gasteiger partial charge < -0.3 is 9.64 Å². The van der Waals surface area contributed by atoms with Crippen molar-refractivity contribution in [2.45, 2.75) is 18.4 Å². The highest BCUT2D eigenvalue weighted by molar-refractivity contribution is 5.61. The SMILES string of the molecule is FC(F)(F)CN1c2ccccc2OCC1C(F)(F)F. The van der Waals surface area contributed by atoms with E-state index in [0.29, 0.717) is 4.90 Å². The van der Waals surface area contributed by atoms with E-state index in [0.717, 1.165) is 0 Å². The molecule has 0 fully saturated rings. The van der Waals surface area contributed by atoms with Crippen molar-refractivity contribution in [3.63, 3.8) is 0 Å². The minimum Gasteiger partial charge on any atom is -0.489 e. The molecule has 0 N–H and O–H groups in total. The minimum atomic E-state index is -4.79. The van der Waals surface area contributed by atoms with E-state index in [1.807, 2.05) is 0 Å². The van der Waals surface area contributed by atoms with Gasteiger partial charge in [0.2, 0.25) is 0 Å². The molecule has 0 aromatic heterocycles. The number of alkyl halides is 6. The van der Waals surface area contributed by atoms with Crippen LogP contribution >= 0.6 is 0 Å². The predicted octanol–water partition coefficient (Wildman–Crippen LogP) is 3.38. The Morgan fingerprint density at radius 3 is 2.32 bits per heavy atom. The Morgan fingerprint density at radius 2 is 1.74 bits per heavy atom. The summed E-state index contributed by atoms with van der Waals surface area (Å²) in [7, 11) is 0.